The molecule has 0 aromatic carbocycles. The van der Waals surface area contributed by atoms with Gasteiger partial charge in [0.05, 0.1) is 12.0 Å². The highest BCUT2D eigenvalue weighted by atomic mass is 16.5. The van der Waals surface area contributed by atoms with Crippen LogP contribution in [0.2, 0.25) is 0 Å². The van der Waals surface area contributed by atoms with Crippen LogP contribution in [-0.2, 0) is 4.74 Å². The number of nitrogens with two attached hydrogens (primary N) is 1. The number of rotatable bonds is 2. The van der Waals surface area contributed by atoms with Crippen LogP contribution in [0.3, 0.4) is 0 Å². The Morgan fingerprint density at radius 3 is 3.00 bits per heavy atom. The average molecular weight is 286 g/mol. The second-order valence-corrected chi connectivity index (χ2v) is 4.99. The quantitative estimate of drug-likeness (QED) is 0.750. The molecule has 2 aliphatic heterocycles. The molecule has 2 aromatic rings. The third kappa shape index (κ3) is 1.66. The summed E-state index contributed by atoms with van der Waals surface area (Å²) in [6.07, 6.45) is 6.47. The SMILES string of the molecule is CN1N=C(N)c2cn([C@H]3C=C[C@@H](CO)O3)c3ncnc1c23. The molecule has 8 heteroatoms. The van der Waals surface area contributed by atoms with Crippen LogP contribution in [0.15, 0.2) is 29.8 Å². The van der Waals surface area contributed by atoms with Gasteiger partial charge in [-0.05, 0) is 6.08 Å². The van der Waals surface area contributed by atoms with Crippen molar-refractivity contribution in [3.05, 3.63) is 30.2 Å². The van der Waals surface area contributed by atoms with Crippen LogP contribution >= 0.6 is 0 Å². The van der Waals surface area contributed by atoms with Crippen LogP contribution in [0.4, 0.5) is 5.82 Å². The molecule has 4 heterocycles. The van der Waals surface area contributed by atoms with Gasteiger partial charge in [0.25, 0.3) is 0 Å². The predicted octanol–water partition coefficient (Wildman–Crippen LogP) is -0.0527. The van der Waals surface area contributed by atoms with Gasteiger partial charge in [-0.25, -0.2) is 15.0 Å². The lowest BCUT2D eigenvalue weighted by Gasteiger charge is -2.18. The molecule has 0 aliphatic carbocycles. The summed E-state index contributed by atoms with van der Waals surface area (Å²) < 4.78 is 7.61. The van der Waals surface area contributed by atoms with E-state index in [4.69, 9.17) is 15.6 Å². The maximum Gasteiger partial charge on any atom is 0.162 e. The first-order valence-corrected chi connectivity index (χ1v) is 6.57. The van der Waals surface area contributed by atoms with Gasteiger partial charge in [0.15, 0.2) is 17.9 Å². The molecule has 3 N–H and O–H groups in total. The van der Waals surface area contributed by atoms with Crippen LogP contribution in [0.5, 0.6) is 0 Å². The largest absolute Gasteiger partial charge is 0.393 e. The lowest BCUT2D eigenvalue weighted by molar-refractivity contribution is -0.00614. The lowest BCUT2D eigenvalue weighted by atomic mass is 10.2. The van der Waals surface area contributed by atoms with Crippen molar-refractivity contribution in [2.45, 2.75) is 12.3 Å². The zero-order valence-corrected chi connectivity index (χ0v) is 11.3. The van der Waals surface area contributed by atoms with Gasteiger partial charge in [-0.2, -0.15) is 5.10 Å². The Kier molecular flexibility index (Phi) is 2.50. The minimum absolute atomic E-state index is 0.0500. The van der Waals surface area contributed by atoms with Crippen molar-refractivity contribution in [2.24, 2.45) is 10.8 Å². The molecule has 2 aromatic heterocycles. The number of amidine groups is 1. The van der Waals surface area contributed by atoms with E-state index in [1.807, 2.05) is 22.9 Å². The van der Waals surface area contributed by atoms with Crippen molar-refractivity contribution in [1.82, 2.24) is 14.5 Å². The maximum atomic E-state index is 9.17. The third-order valence-electron chi connectivity index (χ3n) is 3.69. The Hall–Kier alpha value is -2.45. The fourth-order valence-corrected chi connectivity index (χ4v) is 2.72. The highest BCUT2D eigenvalue weighted by molar-refractivity contribution is 6.13. The first-order valence-electron chi connectivity index (χ1n) is 6.57. The number of aliphatic hydroxyl groups is 1. The molecular weight excluding hydrogens is 272 g/mol. The van der Waals surface area contributed by atoms with E-state index in [9.17, 15) is 0 Å². The Bertz CT molecular complexity index is 780. The maximum absolute atomic E-state index is 9.17. The van der Waals surface area contributed by atoms with Crippen LogP contribution < -0.4 is 10.7 Å². The average Bonchev–Trinajstić information content (AvgIpc) is 3.09. The van der Waals surface area contributed by atoms with Gasteiger partial charge in [-0.15, -0.1) is 0 Å². The Balaban J connectivity index is 1.90. The summed E-state index contributed by atoms with van der Waals surface area (Å²) >= 11 is 0. The van der Waals surface area contributed by atoms with Gasteiger partial charge in [-0.1, -0.05) is 6.08 Å². The number of ether oxygens (including phenoxy) is 1. The monoisotopic (exact) mass is 286 g/mol. The van der Waals surface area contributed by atoms with Crippen molar-refractivity contribution in [3.63, 3.8) is 0 Å². The second-order valence-electron chi connectivity index (χ2n) is 4.99. The standard InChI is InChI=1S/C13H14N6O2/c1-18-12-10-8(11(14)17-18)4-19(13(10)16-6-15-12)9-3-2-7(5-20)21-9/h2-4,6-7,9,20H,5H2,1H3,(H2,14,17)/t7-,9+/m0/s1. The minimum Gasteiger partial charge on any atom is -0.393 e. The van der Waals surface area contributed by atoms with Gasteiger partial charge in [0.2, 0.25) is 0 Å². The Morgan fingerprint density at radius 1 is 1.38 bits per heavy atom. The number of hydrogen-bond acceptors (Lipinski definition) is 7. The number of nitrogens with zero attached hydrogens (tertiary/aromatic N) is 5. The molecule has 0 saturated carbocycles. The molecule has 2 aliphatic rings. The molecule has 0 spiro atoms. The van der Waals surface area contributed by atoms with Gasteiger partial charge in [0.1, 0.15) is 18.1 Å². The van der Waals surface area contributed by atoms with Crippen LogP contribution in [0, 0.1) is 0 Å². The van der Waals surface area contributed by atoms with Gasteiger partial charge in [-0.3, -0.25) is 0 Å². The van der Waals surface area contributed by atoms with Crippen LogP contribution in [0.1, 0.15) is 11.8 Å². The molecule has 0 bridgehead atoms. The Morgan fingerprint density at radius 2 is 2.24 bits per heavy atom. The fourth-order valence-electron chi connectivity index (χ4n) is 2.72. The highest BCUT2D eigenvalue weighted by Gasteiger charge is 2.28. The number of hydrogen-bond donors (Lipinski definition) is 2. The fraction of sp³-hybridized carbons (Fsp3) is 0.308. The number of aromatic nitrogens is 3. The summed E-state index contributed by atoms with van der Waals surface area (Å²) in [5, 5.41) is 15.9. The van der Waals surface area contributed by atoms with Gasteiger partial charge in [0, 0.05) is 18.8 Å². The van der Waals surface area contributed by atoms with Crippen molar-refractivity contribution < 1.29 is 9.84 Å². The molecule has 0 amide bonds. The normalized spacial score (nSPS) is 23.9. The minimum atomic E-state index is -0.322. The van der Waals surface area contributed by atoms with E-state index in [1.165, 1.54) is 6.33 Å². The molecular formula is C13H14N6O2. The van der Waals surface area contributed by atoms with E-state index in [0.717, 1.165) is 16.6 Å². The van der Waals surface area contributed by atoms with E-state index in [0.29, 0.717) is 11.7 Å². The van der Waals surface area contributed by atoms with E-state index in [2.05, 4.69) is 15.1 Å². The molecule has 0 unspecified atom stereocenters. The van der Waals surface area contributed by atoms with Crippen molar-refractivity contribution >= 4 is 22.7 Å². The first-order chi connectivity index (χ1) is 10.2. The first kappa shape index (κ1) is 12.3. The zero-order valence-electron chi connectivity index (χ0n) is 11.3. The number of hydrazone groups is 1. The van der Waals surface area contributed by atoms with E-state index in [1.54, 1.807) is 12.1 Å². The number of aliphatic hydroxyl groups excluding tert-OH is 1. The molecule has 108 valence electrons. The molecule has 8 nitrogen and oxygen atoms in total. The van der Waals surface area contributed by atoms with E-state index < -0.39 is 0 Å². The van der Waals surface area contributed by atoms with Gasteiger partial charge < -0.3 is 20.1 Å². The highest BCUT2D eigenvalue weighted by Crippen LogP contribution is 2.34. The summed E-state index contributed by atoms with van der Waals surface area (Å²) in [6.45, 7) is -0.0500. The lowest BCUT2D eigenvalue weighted by Crippen LogP contribution is -2.25. The van der Waals surface area contributed by atoms with Crippen molar-refractivity contribution in [2.75, 3.05) is 18.7 Å². The van der Waals surface area contributed by atoms with Crippen molar-refractivity contribution in [3.8, 4) is 0 Å². The van der Waals surface area contributed by atoms with Crippen molar-refractivity contribution in [1.29, 1.82) is 0 Å². The zero-order chi connectivity index (χ0) is 14.6. The van der Waals surface area contributed by atoms with Crippen LogP contribution in [-0.4, -0.2) is 45.2 Å². The third-order valence-corrected chi connectivity index (χ3v) is 3.69. The molecule has 0 fully saturated rings. The summed E-state index contributed by atoms with van der Waals surface area (Å²) in [5.74, 6) is 1.13. The molecule has 2 atom stereocenters. The van der Waals surface area contributed by atoms with Gasteiger partial charge >= 0.3 is 0 Å². The summed E-state index contributed by atoms with van der Waals surface area (Å²) in [4.78, 5) is 8.61. The molecule has 0 radical (unpaired) electrons. The smallest absolute Gasteiger partial charge is 0.162 e. The Labute approximate surface area is 120 Å². The second kappa shape index (κ2) is 4.27. The molecule has 0 saturated heterocycles. The predicted molar refractivity (Wildman–Crippen MR) is 76.8 cm³/mol. The number of anilines is 1. The topological polar surface area (TPSA) is 102 Å². The molecule has 21 heavy (non-hydrogen) atoms. The van der Waals surface area contributed by atoms with E-state index >= 15 is 0 Å². The summed E-state index contributed by atoms with van der Waals surface area (Å²) in [6, 6.07) is 0. The van der Waals surface area contributed by atoms with E-state index in [-0.39, 0.29) is 18.9 Å². The summed E-state index contributed by atoms with van der Waals surface area (Å²) in [5.41, 5.74) is 7.53. The molecule has 4 rings (SSSR count). The summed E-state index contributed by atoms with van der Waals surface area (Å²) in [7, 11) is 1.79. The van der Waals surface area contributed by atoms with Crippen LogP contribution in [0.25, 0.3) is 11.0 Å².